The van der Waals surface area contributed by atoms with Crippen molar-refractivity contribution in [3.63, 3.8) is 0 Å². The normalized spacial score (nSPS) is 12.0. The first-order chi connectivity index (χ1) is 37.0. The average Bonchev–Trinajstić information content (AvgIpc) is 3.41. The topological polar surface area (TPSA) is 78.9 Å². The van der Waals surface area contributed by atoms with Crippen LogP contribution < -0.4 is 0 Å². The summed E-state index contributed by atoms with van der Waals surface area (Å²) in [5, 5.41) is 0. The molecule has 0 heterocycles. The number of carbonyl (C=O) groups is 3. The molecule has 0 aromatic rings. The predicted molar refractivity (Wildman–Crippen MR) is 326 cm³/mol. The van der Waals surface area contributed by atoms with Crippen molar-refractivity contribution in [2.45, 2.75) is 399 Å². The van der Waals surface area contributed by atoms with E-state index in [1.54, 1.807) is 0 Å². The minimum Gasteiger partial charge on any atom is -0.462 e. The van der Waals surface area contributed by atoms with Crippen LogP contribution in [0.2, 0.25) is 0 Å². The van der Waals surface area contributed by atoms with Crippen LogP contribution in [0.5, 0.6) is 0 Å². The van der Waals surface area contributed by atoms with Crippen molar-refractivity contribution in [3.8, 4) is 0 Å². The molecule has 0 N–H and O–H groups in total. The summed E-state index contributed by atoms with van der Waals surface area (Å²) in [6, 6.07) is 0. The van der Waals surface area contributed by atoms with Crippen LogP contribution in [0.1, 0.15) is 393 Å². The first-order valence-electron chi connectivity index (χ1n) is 34.2. The van der Waals surface area contributed by atoms with Gasteiger partial charge in [-0.15, -0.1) is 0 Å². The summed E-state index contributed by atoms with van der Waals surface area (Å²) in [6.07, 6.45) is 76.6. The van der Waals surface area contributed by atoms with Crippen LogP contribution in [0.15, 0.2) is 12.2 Å². The largest absolute Gasteiger partial charge is 0.462 e. The van der Waals surface area contributed by atoms with Gasteiger partial charge in [-0.05, 0) is 44.9 Å². The molecule has 0 spiro atoms. The zero-order valence-electron chi connectivity index (χ0n) is 51.1. The molecule has 0 fully saturated rings. The number of hydrogen-bond donors (Lipinski definition) is 0. The maximum absolute atomic E-state index is 12.9. The summed E-state index contributed by atoms with van der Waals surface area (Å²) in [4.78, 5) is 38.3. The number of unbranched alkanes of at least 4 members (excludes halogenated alkanes) is 51. The standard InChI is InChI=1S/C69H132O6/c1-4-7-10-13-16-19-22-25-27-29-31-32-33-34-35-36-38-39-41-44-47-50-53-56-59-62-68(71)74-65-66(64-73-67(70)61-58-55-52-49-46-43-24-21-18-15-12-9-6-3)75-69(72)63-60-57-54-51-48-45-42-40-37-30-28-26-23-20-17-14-11-8-5-2/h26,28,66H,4-25,27,29-65H2,1-3H3/b28-26-. The maximum Gasteiger partial charge on any atom is 0.306 e. The first kappa shape index (κ1) is 73.2. The average molecular weight is 1060 g/mol. The second-order valence-corrected chi connectivity index (χ2v) is 23.5. The van der Waals surface area contributed by atoms with Gasteiger partial charge in [0.1, 0.15) is 13.2 Å². The molecule has 6 nitrogen and oxygen atoms in total. The molecule has 0 aromatic heterocycles. The lowest BCUT2D eigenvalue weighted by Crippen LogP contribution is -2.30. The van der Waals surface area contributed by atoms with E-state index in [1.165, 1.54) is 295 Å². The fraction of sp³-hybridized carbons (Fsp3) is 0.928. The Balaban J connectivity index is 4.21. The van der Waals surface area contributed by atoms with Gasteiger partial charge in [-0.2, -0.15) is 0 Å². The highest BCUT2D eigenvalue weighted by Gasteiger charge is 2.19. The lowest BCUT2D eigenvalue weighted by Gasteiger charge is -2.18. The van der Waals surface area contributed by atoms with Crippen molar-refractivity contribution >= 4 is 17.9 Å². The number of esters is 3. The third kappa shape index (κ3) is 62.9. The zero-order chi connectivity index (χ0) is 54.3. The second kappa shape index (κ2) is 64.7. The molecule has 0 bridgehead atoms. The zero-order valence-corrected chi connectivity index (χ0v) is 51.1. The van der Waals surface area contributed by atoms with Crippen molar-refractivity contribution in [1.82, 2.24) is 0 Å². The van der Waals surface area contributed by atoms with E-state index in [9.17, 15) is 14.4 Å². The van der Waals surface area contributed by atoms with Crippen molar-refractivity contribution in [1.29, 1.82) is 0 Å². The van der Waals surface area contributed by atoms with Crippen molar-refractivity contribution in [3.05, 3.63) is 12.2 Å². The Bertz CT molecular complexity index is 1170. The van der Waals surface area contributed by atoms with E-state index in [0.29, 0.717) is 19.3 Å². The van der Waals surface area contributed by atoms with Gasteiger partial charge in [0.05, 0.1) is 0 Å². The summed E-state index contributed by atoms with van der Waals surface area (Å²) in [6.45, 7) is 6.72. The van der Waals surface area contributed by atoms with Crippen LogP contribution in [0.3, 0.4) is 0 Å². The van der Waals surface area contributed by atoms with Crippen LogP contribution in [0.25, 0.3) is 0 Å². The van der Waals surface area contributed by atoms with E-state index in [2.05, 4.69) is 32.9 Å². The van der Waals surface area contributed by atoms with Gasteiger partial charge in [-0.3, -0.25) is 14.4 Å². The van der Waals surface area contributed by atoms with Crippen LogP contribution >= 0.6 is 0 Å². The lowest BCUT2D eigenvalue weighted by atomic mass is 10.0. The highest BCUT2D eigenvalue weighted by Crippen LogP contribution is 2.19. The Labute approximate surface area is 469 Å². The van der Waals surface area contributed by atoms with Crippen molar-refractivity contribution in [2.24, 2.45) is 0 Å². The minimum absolute atomic E-state index is 0.0640. The van der Waals surface area contributed by atoms with E-state index < -0.39 is 6.10 Å². The van der Waals surface area contributed by atoms with E-state index in [1.807, 2.05) is 0 Å². The Kier molecular flexibility index (Phi) is 63.1. The van der Waals surface area contributed by atoms with Crippen LogP contribution in [-0.4, -0.2) is 37.2 Å². The van der Waals surface area contributed by atoms with Gasteiger partial charge < -0.3 is 14.2 Å². The van der Waals surface area contributed by atoms with Crippen LogP contribution in [0.4, 0.5) is 0 Å². The quantitative estimate of drug-likeness (QED) is 0.0261. The van der Waals surface area contributed by atoms with Crippen molar-refractivity contribution in [2.75, 3.05) is 13.2 Å². The lowest BCUT2D eigenvalue weighted by molar-refractivity contribution is -0.167. The Morgan fingerprint density at radius 3 is 0.667 bits per heavy atom. The summed E-state index contributed by atoms with van der Waals surface area (Å²) in [5.41, 5.74) is 0. The maximum atomic E-state index is 12.9. The fourth-order valence-corrected chi connectivity index (χ4v) is 10.6. The fourth-order valence-electron chi connectivity index (χ4n) is 10.6. The smallest absolute Gasteiger partial charge is 0.306 e. The van der Waals surface area contributed by atoms with Gasteiger partial charge in [0, 0.05) is 19.3 Å². The summed E-state index contributed by atoms with van der Waals surface area (Å²) >= 11 is 0. The molecule has 0 radical (unpaired) electrons. The number of carbonyl (C=O) groups excluding carboxylic acids is 3. The van der Waals surface area contributed by atoms with E-state index in [4.69, 9.17) is 14.2 Å². The highest BCUT2D eigenvalue weighted by molar-refractivity contribution is 5.71. The summed E-state index contributed by atoms with van der Waals surface area (Å²) in [5.74, 6) is -0.833. The van der Waals surface area contributed by atoms with E-state index in [0.717, 1.165) is 57.8 Å². The van der Waals surface area contributed by atoms with Gasteiger partial charge >= 0.3 is 17.9 Å². The van der Waals surface area contributed by atoms with Crippen LogP contribution in [-0.2, 0) is 28.6 Å². The van der Waals surface area contributed by atoms with Crippen LogP contribution in [0, 0.1) is 0 Å². The molecule has 75 heavy (non-hydrogen) atoms. The molecule has 1 atom stereocenters. The predicted octanol–water partition coefficient (Wildman–Crippen LogP) is 23.2. The molecule has 0 aliphatic carbocycles. The first-order valence-corrected chi connectivity index (χ1v) is 34.2. The third-order valence-electron chi connectivity index (χ3n) is 15.8. The van der Waals surface area contributed by atoms with E-state index in [-0.39, 0.29) is 31.1 Å². The minimum atomic E-state index is -0.767. The molecule has 0 aliphatic rings. The molecule has 0 aliphatic heterocycles. The number of ether oxygens (including phenoxy) is 3. The molecule has 0 saturated heterocycles. The van der Waals surface area contributed by atoms with Gasteiger partial charge in [0.15, 0.2) is 6.10 Å². The summed E-state index contributed by atoms with van der Waals surface area (Å²) < 4.78 is 17.0. The molecule has 0 rings (SSSR count). The second-order valence-electron chi connectivity index (χ2n) is 23.5. The van der Waals surface area contributed by atoms with Crippen molar-refractivity contribution < 1.29 is 28.6 Å². The SMILES string of the molecule is CCCCCCCC/C=C\CCCCCCCCCCCC(=O)OC(COC(=O)CCCCCCCCCCCCCCC)COC(=O)CCCCCCCCCCCCCCCCCCCCCCCCCCC. The Hall–Kier alpha value is -1.85. The Morgan fingerprint density at radius 1 is 0.253 bits per heavy atom. The third-order valence-corrected chi connectivity index (χ3v) is 15.8. The molecule has 6 heteroatoms. The van der Waals surface area contributed by atoms with Gasteiger partial charge in [0.25, 0.3) is 0 Å². The number of allylic oxidation sites excluding steroid dienone is 2. The molecular weight excluding hydrogens is 925 g/mol. The monoisotopic (exact) mass is 1060 g/mol. The Morgan fingerprint density at radius 2 is 0.440 bits per heavy atom. The number of rotatable bonds is 64. The molecule has 444 valence electrons. The van der Waals surface area contributed by atoms with Gasteiger partial charge in [-0.25, -0.2) is 0 Å². The van der Waals surface area contributed by atoms with Gasteiger partial charge in [0.2, 0.25) is 0 Å². The van der Waals surface area contributed by atoms with Gasteiger partial charge in [-0.1, -0.05) is 341 Å². The van der Waals surface area contributed by atoms with E-state index >= 15 is 0 Å². The highest BCUT2D eigenvalue weighted by atomic mass is 16.6. The number of hydrogen-bond acceptors (Lipinski definition) is 6. The molecule has 0 aromatic carbocycles. The molecule has 1 unspecified atom stereocenters. The molecule has 0 saturated carbocycles. The molecular formula is C69H132O6. The molecule has 0 amide bonds. The summed E-state index contributed by atoms with van der Waals surface area (Å²) in [7, 11) is 0.